The van der Waals surface area contributed by atoms with E-state index in [1.807, 2.05) is 35.0 Å². The van der Waals surface area contributed by atoms with Crippen LogP contribution in [-0.2, 0) is 30.8 Å². The van der Waals surface area contributed by atoms with Crippen molar-refractivity contribution in [1.82, 2.24) is 14.7 Å². The minimum absolute atomic E-state index is 0.276. The van der Waals surface area contributed by atoms with E-state index < -0.39 is 17.6 Å². The Morgan fingerprint density at radius 3 is 2.60 bits per heavy atom. The highest BCUT2D eigenvalue weighted by molar-refractivity contribution is 5.89. The van der Waals surface area contributed by atoms with Crippen LogP contribution in [0.4, 0.5) is 8.78 Å². The second-order valence-electron chi connectivity index (χ2n) is 7.35. The summed E-state index contributed by atoms with van der Waals surface area (Å²) in [4.78, 5) is 14.6. The SMILES string of the molecule is CCOC(=O)c1nn(Cc2ccccc2)c2c1CN(Cc1ccc(F)c(F)c1)CC2. The molecule has 156 valence electrons. The summed E-state index contributed by atoms with van der Waals surface area (Å²) in [5, 5.41) is 4.58. The number of ether oxygens (including phenoxy) is 1. The number of esters is 1. The van der Waals surface area contributed by atoms with E-state index >= 15 is 0 Å². The Morgan fingerprint density at radius 1 is 1.07 bits per heavy atom. The molecule has 0 radical (unpaired) electrons. The zero-order valence-electron chi connectivity index (χ0n) is 16.8. The molecule has 3 aromatic rings. The first-order valence-corrected chi connectivity index (χ1v) is 10.0. The predicted octanol–water partition coefficient (Wildman–Crippen LogP) is 3.94. The van der Waals surface area contributed by atoms with Crippen molar-refractivity contribution < 1.29 is 18.3 Å². The highest BCUT2D eigenvalue weighted by Crippen LogP contribution is 2.26. The number of hydrogen-bond donors (Lipinski definition) is 0. The van der Waals surface area contributed by atoms with Crippen LogP contribution in [0.25, 0.3) is 0 Å². The summed E-state index contributed by atoms with van der Waals surface area (Å²) >= 11 is 0. The molecule has 0 amide bonds. The third-order valence-electron chi connectivity index (χ3n) is 5.25. The third-order valence-corrected chi connectivity index (χ3v) is 5.25. The lowest BCUT2D eigenvalue weighted by molar-refractivity contribution is 0.0515. The molecule has 1 aliphatic rings. The highest BCUT2D eigenvalue weighted by Gasteiger charge is 2.29. The number of hydrogen-bond acceptors (Lipinski definition) is 4. The number of rotatable bonds is 6. The Bertz CT molecular complexity index is 1050. The Hall–Kier alpha value is -3.06. The van der Waals surface area contributed by atoms with Gasteiger partial charge in [0.15, 0.2) is 17.3 Å². The first-order chi connectivity index (χ1) is 14.5. The van der Waals surface area contributed by atoms with Gasteiger partial charge in [-0.3, -0.25) is 9.58 Å². The smallest absolute Gasteiger partial charge is 0.359 e. The quantitative estimate of drug-likeness (QED) is 0.577. The Labute approximate surface area is 173 Å². The fourth-order valence-electron chi connectivity index (χ4n) is 3.83. The monoisotopic (exact) mass is 411 g/mol. The van der Waals surface area contributed by atoms with Crippen molar-refractivity contribution in [3.63, 3.8) is 0 Å². The van der Waals surface area contributed by atoms with Crippen LogP contribution in [0.1, 0.15) is 39.8 Å². The standard InChI is InChI=1S/C23H23F2N3O2/c1-2-30-23(29)22-18-15-27(13-17-8-9-19(24)20(25)12-17)11-10-21(18)28(26-22)14-16-6-4-3-5-7-16/h3-9,12H,2,10-11,13-15H2,1H3. The molecule has 0 spiro atoms. The zero-order chi connectivity index (χ0) is 21.1. The van der Waals surface area contributed by atoms with Gasteiger partial charge in [0.25, 0.3) is 0 Å². The average molecular weight is 411 g/mol. The molecule has 2 aromatic carbocycles. The summed E-state index contributed by atoms with van der Waals surface area (Å²) in [5.74, 6) is -2.14. The van der Waals surface area contributed by atoms with E-state index in [4.69, 9.17) is 4.74 Å². The van der Waals surface area contributed by atoms with E-state index in [1.165, 1.54) is 6.07 Å². The number of carbonyl (C=O) groups is 1. The Balaban J connectivity index is 1.60. The molecule has 5 nitrogen and oxygen atoms in total. The van der Waals surface area contributed by atoms with Gasteiger partial charge in [-0.25, -0.2) is 13.6 Å². The largest absolute Gasteiger partial charge is 0.461 e. The molecule has 1 aromatic heterocycles. The van der Waals surface area contributed by atoms with Crippen molar-refractivity contribution in [2.75, 3.05) is 13.2 Å². The predicted molar refractivity (Wildman–Crippen MR) is 108 cm³/mol. The summed E-state index contributed by atoms with van der Waals surface area (Å²) in [7, 11) is 0. The average Bonchev–Trinajstić information content (AvgIpc) is 3.09. The minimum Gasteiger partial charge on any atom is -0.461 e. The van der Waals surface area contributed by atoms with Crippen molar-refractivity contribution >= 4 is 5.97 Å². The summed E-state index contributed by atoms with van der Waals surface area (Å²) in [6.07, 6.45) is 0.707. The van der Waals surface area contributed by atoms with Crippen LogP contribution in [0.3, 0.4) is 0 Å². The minimum atomic E-state index is -0.855. The van der Waals surface area contributed by atoms with E-state index in [2.05, 4.69) is 10.00 Å². The van der Waals surface area contributed by atoms with Crippen LogP contribution in [0.5, 0.6) is 0 Å². The summed E-state index contributed by atoms with van der Waals surface area (Å²) in [6, 6.07) is 13.9. The summed E-state index contributed by atoms with van der Waals surface area (Å²) in [6.45, 7) is 4.30. The molecule has 7 heteroatoms. The van der Waals surface area contributed by atoms with Crippen LogP contribution in [0, 0.1) is 11.6 Å². The van der Waals surface area contributed by atoms with Gasteiger partial charge in [0.2, 0.25) is 0 Å². The molecule has 0 fully saturated rings. The van der Waals surface area contributed by atoms with E-state index in [-0.39, 0.29) is 6.61 Å². The summed E-state index contributed by atoms with van der Waals surface area (Å²) in [5.41, 5.74) is 3.98. The fraction of sp³-hybridized carbons (Fsp3) is 0.304. The maximum Gasteiger partial charge on any atom is 0.359 e. The van der Waals surface area contributed by atoms with Crippen molar-refractivity contribution in [3.8, 4) is 0 Å². The zero-order valence-corrected chi connectivity index (χ0v) is 16.8. The van der Waals surface area contributed by atoms with Gasteiger partial charge in [0.05, 0.1) is 13.2 Å². The van der Waals surface area contributed by atoms with E-state index in [1.54, 1.807) is 13.0 Å². The number of aromatic nitrogens is 2. The normalized spacial score (nSPS) is 13.8. The van der Waals surface area contributed by atoms with Crippen LogP contribution in [-0.4, -0.2) is 33.8 Å². The molecule has 0 atom stereocenters. The van der Waals surface area contributed by atoms with Gasteiger partial charge in [-0.15, -0.1) is 0 Å². The molecule has 4 rings (SSSR count). The number of fused-ring (bicyclic) bond motifs is 1. The van der Waals surface area contributed by atoms with Gasteiger partial charge in [-0.2, -0.15) is 5.10 Å². The van der Waals surface area contributed by atoms with Crippen LogP contribution in [0.2, 0.25) is 0 Å². The maximum absolute atomic E-state index is 13.6. The topological polar surface area (TPSA) is 47.4 Å². The molecule has 0 saturated heterocycles. The van der Waals surface area contributed by atoms with Gasteiger partial charge in [0.1, 0.15) is 0 Å². The lowest BCUT2D eigenvalue weighted by atomic mass is 10.0. The highest BCUT2D eigenvalue weighted by atomic mass is 19.2. The lowest BCUT2D eigenvalue weighted by Crippen LogP contribution is -2.31. The fourth-order valence-corrected chi connectivity index (χ4v) is 3.83. The van der Waals surface area contributed by atoms with Gasteiger partial charge in [-0.05, 0) is 30.2 Å². The van der Waals surface area contributed by atoms with Crippen molar-refractivity contribution in [1.29, 1.82) is 0 Å². The van der Waals surface area contributed by atoms with Gasteiger partial charge >= 0.3 is 5.97 Å². The van der Waals surface area contributed by atoms with Crippen LogP contribution >= 0.6 is 0 Å². The molecule has 0 bridgehead atoms. The van der Waals surface area contributed by atoms with Crippen molar-refractivity contribution in [2.24, 2.45) is 0 Å². The molecule has 0 N–H and O–H groups in total. The second-order valence-corrected chi connectivity index (χ2v) is 7.35. The molecular weight excluding hydrogens is 388 g/mol. The Kier molecular flexibility index (Phi) is 5.90. The van der Waals surface area contributed by atoms with Gasteiger partial charge < -0.3 is 4.74 Å². The second kappa shape index (κ2) is 8.75. The molecule has 0 saturated carbocycles. The number of halogens is 2. The van der Waals surface area contributed by atoms with Crippen LogP contribution < -0.4 is 0 Å². The van der Waals surface area contributed by atoms with Gasteiger partial charge in [0, 0.05) is 37.3 Å². The molecule has 30 heavy (non-hydrogen) atoms. The number of nitrogens with zero attached hydrogens (tertiary/aromatic N) is 3. The molecular formula is C23H23F2N3O2. The number of carbonyl (C=O) groups excluding carboxylic acids is 1. The maximum atomic E-state index is 13.6. The summed E-state index contributed by atoms with van der Waals surface area (Å²) < 4.78 is 33.9. The first kappa shape index (κ1) is 20.2. The van der Waals surface area contributed by atoms with Crippen LogP contribution in [0.15, 0.2) is 48.5 Å². The van der Waals surface area contributed by atoms with E-state index in [0.29, 0.717) is 37.3 Å². The first-order valence-electron chi connectivity index (χ1n) is 10.0. The van der Waals surface area contributed by atoms with E-state index in [0.717, 1.165) is 29.4 Å². The Morgan fingerprint density at radius 2 is 1.87 bits per heavy atom. The molecule has 2 heterocycles. The van der Waals surface area contributed by atoms with Crippen molar-refractivity contribution in [3.05, 3.63) is 88.2 Å². The molecule has 0 unspecified atom stereocenters. The molecule has 1 aliphatic heterocycles. The van der Waals surface area contributed by atoms with E-state index in [9.17, 15) is 13.6 Å². The molecule has 0 aliphatic carbocycles. The number of benzene rings is 2. The van der Waals surface area contributed by atoms with Gasteiger partial charge in [-0.1, -0.05) is 36.4 Å². The van der Waals surface area contributed by atoms with Crippen molar-refractivity contribution in [2.45, 2.75) is 33.0 Å². The lowest BCUT2D eigenvalue weighted by Gasteiger charge is -2.27. The third kappa shape index (κ3) is 4.26.